The molecular weight excluding hydrogens is 429 g/mol. The van der Waals surface area contributed by atoms with Crippen LogP contribution in [0.3, 0.4) is 0 Å². The van der Waals surface area contributed by atoms with Gasteiger partial charge in [0.15, 0.2) is 0 Å². The van der Waals surface area contributed by atoms with Crippen LogP contribution in [0.25, 0.3) is 55.8 Å². The third-order valence-corrected chi connectivity index (χ3v) is 5.89. The van der Waals surface area contributed by atoms with Crippen LogP contribution in [0, 0.1) is 5.82 Å². The maximum Gasteiger partial charge on any atom is 0.138 e. The summed E-state index contributed by atoms with van der Waals surface area (Å²) in [5, 5.41) is 8.39. The van der Waals surface area contributed by atoms with Gasteiger partial charge in [0.25, 0.3) is 0 Å². The van der Waals surface area contributed by atoms with E-state index in [1.54, 1.807) is 24.5 Å². The van der Waals surface area contributed by atoms with E-state index in [1.807, 2.05) is 55.5 Å². The molecule has 0 spiro atoms. The summed E-state index contributed by atoms with van der Waals surface area (Å²) in [6.07, 6.45) is 5.29. The van der Waals surface area contributed by atoms with Gasteiger partial charge in [-0.1, -0.05) is 18.2 Å². The predicted octanol–water partition coefficient (Wildman–Crippen LogP) is 5.44. The molecule has 1 aromatic carbocycles. The van der Waals surface area contributed by atoms with E-state index in [1.165, 1.54) is 6.07 Å². The second-order valence-electron chi connectivity index (χ2n) is 8.27. The van der Waals surface area contributed by atoms with Crippen LogP contribution in [0.15, 0.2) is 73.2 Å². The van der Waals surface area contributed by atoms with E-state index in [9.17, 15) is 4.39 Å². The minimum Gasteiger partial charge on any atom is -0.376 e. The zero-order chi connectivity index (χ0) is 23.2. The molecule has 2 N–H and O–H groups in total. The molecule has 6 rings (SSSR count). The van der Waals surface area contributed by atoms with Crippen LogP contribution in [0.1, 0.15) is 0 Å². The Morgan fingerprint density at radius 2 is 1.82 bits per heavy atom. The number of fused-ring (bicyclic) bond motifs is 2. The van der Waals surface area contributed by atoms with Gasteiger partial charge in [0.2, 0.25) is 0 Å². The van der Waals surface area contributed by atoms with Crippen LogP contribution in [0.2, 0.25) is 0 Å². The zero-order valence-corrected chi connectivity index (χ0v) is 18.5. The van der Waals surface area contributed by atoms with E-state index in [4.69, 9.17) is 4.98 Å². The molecule has 0 bridgehead atoms. The smallest absolute Gasteiger partial charge is 0.138 e. The fourth-order valence-electron chi connectivity index (χ4n) is 4.13. The van der Waals surface area contributed by atoms with Crippen molar-refractivity contribution >= 4 is 27.8 Å². The Labute approximate surface area is 194 Å². The molecule has 7 nitrogen and oxygen atoms in total. The molecule has 0 aliphatic rings. The van der Waals surface area contributed by atoms with Gasteiger partial charge in [-0.05, 0) is 42.0 Å². The summed E-state index contributed by atoms with van der Waals surface area (Å²) in [7, 11) is 3.95. The van der Waals surface area contributed by atoms with Crippen molar-refractivity contribution in [2.45, 2.75) is 0 Å². The van der Waals surface area contributed by atoms with Gasteiger partial charge in [-0.3, -0.25) is 10.1 Å². The Morgan fingerprint density at radius 1 is 0.941 bits per heavy atom. The van der Waals surface area contributed by atoms with E-state index < -0.39 is 0 Å². The van der Waals surface area contributed by atoms with Gasteiger partial charge >= 0.3 is 0 Å². The number of aromatic nitrogens is 6. The number of halogens is 1. The van der Waals surface area contributed by atoms with Gasteiger partial charge in [-0.15, -0.1) is 0 Å². The van der Waals surface area contributed by atoms with Crippen molar-refractivity contribution < 1.29 is 4.39 Å². The molecule has 8 heteroatoms. The van der Waals surface area contributed by atoms with Crippen LogP contribution >= 0.6 is 0 Å². The van der Waals surface area contributed by atoms with Gasteiger partial charge in [0, 0.05) is 43.0 Å². The minimum absolute atomic E-state index is 0.275. The SMILES string of the molecule is CN(C)c1cncc(-c2ccc3[nH]nc(-c4cc5c(-c6ccccc6F)ccnc5[nH]4)c3n2)c1. The third kappa shape index (κ3) is 3.27. The molecule has 34 heavy (non-hydrogen) atoms. The van der Waals surface area contributed by atoms with Gasteiger partial charge < -0.3 is 9.88 Å². The number of anilines is 1. The predicted molar refractivity (Wildman–Crippen MR) is 132 cm³/mol. The number of nitrogens with one attached hydrogen (secondary N) is 2. The summed E-state index contributed by atoms with van der Waals surface area (Å²) in [5.41, 5.74) is 7.64. The van der Waals surface area contributed by atoms with Crippen molar-refractivity contribution in [2.24, 2.45) is 0 Å². The molecule has 5 aromatic heterocycles. The molecular formula is C26H20FN7. The summed E-state index contributed by atoms with van der Waals surface area (Å²) in [5.74, 6) is -0.275. The summed E-state index contributed by atoms with van der Waals surface area (Å²) in [4.78, 5) is 19.0. The van der Waals surface area contributed by atoms with Crippen LogP contribution in [0.5, 0.6) is 0 Å². The standard InChI is InChI=1S/C26H20FN7/c1-34(2)16-11-15(13-28-14-16)21-7-8-22-24(30-21)25(33-32-22)23-12-19-17(9-10-29-26(19)31-23)18-5-3-4-6-20(18)27/h3-14H,1-2H3,(H,29,31)(H,32,33). The van der Waals surface area contributed by atoms with Gasteiger partial charge in [0.1, 0.15) is 22.7 Å². The maximum absolute atomic E-state index is 14.5. The van der Waals surface area contributed by atoms with Crippen molar-refractivity contribution in [3.05, 3.63) is 79.0 Å². The Balaban J connectivity index is 1.49. The first-order chi connectivity index (χ1) is 16.6. The monoisotopic (exact) mass is 449 g/mol. The summed E-state index contributed by atoms with van der Waals surface area (Å²) >= 11 is 0. The van der Waals surface area contributed by atoms with E-state index in [0.717, 1.165) is 44.6 Å². The molecule has 0 saturated carbocycles. The number of benzene rings is 1. The summed E-state index contributed by atoms with van der Waals surface area (Å²) in [6, 6.07) is 16.5. The topological polar surface area (TPSA) is 86.4 Å². The Kier molecular flexibility index (Phi) is 4.58. The largest absolute Gasteiger partial charge is 0.376 e. The molecule has 0 radical (unpaired) electrons. The number of pyridine rings is 3. The van der Waals surface area contributed by atoms with Crippen LogP contribution in [-0.2, 0) is 0 Å². The number of rotatable bonds is 4. The fourth-order valence-corrected chi connectivity index (χ4v) is 4.13. The van der Waals surface area contributed by atoms with E-state index in [0.29, 0.717) is 16.9 Å². The first kappa shape index (κ1) is 20.0. The van der Waals surface area contributed by atoms with Crippen LogP contribution in [0.4, 0.5) is 10.1 Å². The van der Waals surface area contributed by atoms with Gasteiger partial charge in [0.05, 0.1) is 28.8 Å². The molecule has 0 aliphatic heterocycles. The quantitative estimate of drug-likeness (QED) is 0.375. The first-order valence-electron chi connectivity index (χ1n) is 10.8. The fraction of sp³-hybridized carbons (Fsp3) is 0.0769. The summed E-state index contributed by atoms with van der Waals surface area (Å²) in [6.45, 7) is 0. The highest BCUT2D eigenvalue weighted by atomic mass is 19.1. The van der Waals surface area contributed by atoms with E-state index >= 15 is 0 Å². The molecule has 0 fully saturated rings. The highest BCUT2D eigenvalue weighted by molar-refractivity contribution is 5.99. The number of nitrogens with zero attached hydrogens (tertiary/aromatic N) is 5. The lowest BCUT2D eigenvalue weighted by Gasteiger charge is -2.12. The molecule has 5 heterocycles. The normalized spacial score (nSPS) is 11.4. The van der Waals surface area contributed by atoms with E-state index in [2.05, 4.69) is 31.2 Å². The van der Waals surface area contributed by atoms with Crippen molar-refractivity contribution in [3.63, 3.8) is 0 Å². The lowest BCUT2D eigenvalue weighted by molar-refractivity contribution is 0.631. The van der Waals surface area contributed by atoms with Crippen molar-refractivity contribution in [3.8, 4) is 33.8 Å². The number of hydrogen-bond acceptors (Lipinski definition) is 5. The Hall–Kier alpha value is -4.59. The maximum atomic E-state index is 14.5. The molecule has 0 atom stereocenters. The van der Waals surface area contributed by atoms with Crippen molar-refractivity contribution in [1.29, 1.82) is 0 Å². The third-order valence-electron chi connectivity index (χ3n) is 5.89. The number of hydrogen-bond donors (Lipinski definition) is 2. The molecule has 166 valence electrons. The zero-order valence-electron chi connectivity index (χ0n) is 18.5. The first-order valence-corrected chi connectivity index (χ1v) is 10.8. The average molecular weight is 449 g/mol. The molecule has 0 unspecified atom stereocenters. The van der Waals surface area contributed by atoms with Gasteiger partial charge in [-0.25, -0.2) is 14.4 Å². The molecule has 6 aromatic rings. The van der Waals surface area contributed by atoms with Crippen molar-refractivity contribution in [2.75, 3.05) is 19.0 Å². The number of H-pyrrole nitrogens is 2. The average Bonchev–Trinajstić information content (AvgIpc) is 3.48. The second-order valence-corrected chi connectivity index (χ2v) is 8.27. The molecule has 0 amide bonds. The van der Waals surface area contributed by atoms with Crippen LogP contribution < -0.4 is 4.90 Å². The Bertz CT molecular complexity index is 1670. The lowest BCUT2D eigenvalue weighted by atomic mass is 10.0. The molecule has 0 saturated heterocycles. The lowest BCUT2D eigenvalue weighted by Crippen LogP contribution is -2.08. The second kappa shape index (κ2) is 7.77. The van der Waals surface area contributed by atoms with Gasteiger partial charge in [-0.2, -0.15) is 5.10 Å². The Morgan fingerprint density at radius 3 is 2.68 bits per heavy atom. The van der Waals surface area contributed by atoms with Crippen LogP contribution in [-0.4, -0.2) is 44.2 Å². The summed E-state index contributed by atoms with van der Waals surface area (Å²) < 4.78 is 14.5. The van der Waals surface area contributed by atoms with E-state index in [-0.39, 0.29) is 5.82 Å². The van der Waals surface area contributed by atoms with Crippen molar-refractivity contribution in [1.82, 2.24) is 30.1 Å². The highest BCUT2D eigenvalue weighted by Crippen LogP contribution is 2.34. The molecule has 0 aliphatic carbocycles. The number of aromatic amines is 2. The highest BCUT2D eigenvalue weighted by Gasteiger charge is 2.17. The minimum atomic E-state index is -0.275.